The summed E-state index contributed by atoms with van der Waals surface area (Å²) in [5.74, 6) is -0.0972. The number of fused-ring (bicyclic) bond motifs is 2. The summed E-state index contributed by atoms with van der Waals surface area (Å²) < 4.78 is 0. The molecule has 1 aromatic heterocycles. The van der Waals surface area contributed by atoms with Crippen molar-refractivity contribution in [3.8, 4) is 0 Å². The van der Waals surface area contributed by atoms with Gasteiger partial charge in [-0.25, -0.2) is 4.98 Å². The summed E-state index contributed by atoms with van der Waals surface area (Å²) in [4.78, 5) is 29.3. The maximum Gasteiger partial charge on any atom is 0.274 e. The molecule has 1 heterocycles. The Bertz CT molecular complexity index is 1290. The molecule has 0 spiro atoms. The van der Waals surface area contributed by atoms with Gasteiger partial charge >= 0.3 is 0 Å². The Labute approximate surface area is 152 Å². The zero-order chi connectivity index (χ0) is 19.0. The first-order chi connectivity index (χ1) is 13.0. The van der Waals surface area contributed by atoms with Crippen LogP contribution >= 0.6 is 0 Å². The minimum absolute atomic E-state index is 0.0158. The van der Waals surface area contributed by atoms with Crippen LogP contribution in [-0.2, 0) is 0 Å². The average molecular weight is 359 g/mol. The number of aromatic amines is 1. The second-order valence-electron chi connectivity index (χ2n) is 6.00. The molecule has 0 saturated heterocycles. The fraction of sp³-hybridized carbons (Fsp3) is 0. The summed E-state index contributed by atoms with van der Waals surface area (Å²) in [7, 11) is 0. The molecule has 4 rings (SSSR count). The van der Waals surface area contributed by atoms with Gasteiger partial charge in [0.05, 0.1) is 16.0 Å². The van der Waals surface area contributed by atoms with E-state index < -0.39 is 10.5 Å². The predicted molar refractivity (Wildman–Crippen MR) is 103 cm³/mol. The highest BCUT2D eigenvalue weighted by Crippen LogP contribution is 2.21. The molecule has 0 amide bonds. The summed E-state index contributed by atoms with van der Waals surface area (Å²) in [6.07, 6.45) is 1.28. The first-order valence-corrected chi connectivity index (χ1v) is 8.09. The highest BCUT2D eigenvalue weighted by Gasteiger charge is 2.10. The molecule has 0 aliphatic heterocycles. The fourth-order valence-corrected chi connectivity index (χ4v) is 2.86. The largest absolute Gasteiger partial charge is 0.507 e. The number of aromatic nitrogens is 2. The van der Waals surface area contributed by atoms with Crippen molar-refractivity contribution in [2.45, 2.75) is 0 Å². The summed E-state index contributed by atoms with van der Waals surface area (Å²) in [5.41, 5.74) is 0.535. The van der Waals surface area contributed by atoms with Gasteiger partial charge < -0.3 is 10.1 Å². The SMILES string of the molecule is O=c1[nH]c2cc([N+](=O)[O-])ccc2nc1C=C(O)c1ccc2ccccc2c1. The quantitative estimate of drug-likeness (QED) is 0.326. The van der Waals surface area contributed by atoms with E-state index in [-0.39, 0.29) is 22.7 Å². The number of benzene rings is 3. The van der Waals surface area contributed by atoms with Crippen LogP contribution in [0, 0.1) is 10.1 Å². The lowest BCUT2D eigenvalue weighted by molar-refractivity contribution is -0.384. The smallest absolute Gasteiger partial charge is 0.274 e. The lowest BCUT2D eigenvalue weighted by atomic mass is 10.1. The van der Waals surface area contributed by atoms with Crippen LogP contribution in [0.15, 0.2) is 65.5 Å². The van der Waals surface area contributed by atoms with Gasteiger partial charge in [0.1, 0.15) is 11.5 Å². The Morgan fingerprint density at radius 3 is 2.63 bits per heavy atom. The van der Waals surface area contributed by atoms with E-state index in [2.05, 4.69) is 9.97 Å². The normalized spacial score (nSPS) is 11.8. The number of aliphatic hydroxyl groups excluding tert-OH is 1. The molecule has 0 aliphatic rings. The number of rotatable bonds is 3. The molecule has 132 valence electrons. The van der Waals surface area contributed by atoms with Crippen molar-refractivity contribution >= 4 is 39.3 Å². The van der Waals surface area contributed by atoms with E-state index in [1.807, 2.05) is 36.4 Å². The third kappa shape index (κ3) is 3.13. The van der Waals surface area contributed by atoms with E-state index in [4.69, 9.17) is 0 Å². The van der Waals surface area contributed by atoms with Crippen molar-refractivity contribution in [1.29, 1.82) is 0 Å². The van der Waals surface area contributed by atoms with E-state index in [1.165, 1.54) is 24.3 Å². The first-order valence-electron chi connectivity index (χ1n) is 8.09. The number of H-pyrrole nitrogens is 1. The van der Waals surface area contributed by atoms with Crippen molar-refractivity contribution in [1.82, 2.24) is 9.97 Å². The third-order valence-electron chi connectivity index (χ3n) is 4.23. The van der Waals surface area contributed by atoms with Gasteiger partial charge in [-0.15, -0.1) is 0 Å². The van der Waals surface area contributed by atoms with E-state index in [0.29, 0.717) is 11.1 Å². The minimum atomic E-state index is -0.546. The van der Waals surface area contributed by atoms with Crippen LogP contribution in [0.5, 0.6) is 0 Å². The van der Waals surface area contributed by atoms with Gasteiger partial charge in [0.15, 0.2) is 0 Å². The maximum atomic E-state index is 12.2. The fourth-order valence-electron chi connectivity index (χ4n) is 2.86. The first kappa shape index (κ1) is 16.5. The third-order valence-corrected chi connectivity index (χ3v) is 4.23. The molecule has 0 saturated carbocycles. The van der Waals surface area contributed by atoms with Gasteiger partial charge in [-0.2, -0.15) is 0 Å². The molecule has 0 fully saturated rings. The van der Waals surface area contributed by atoms with Gasteiger partial charge in [0, 0.05) is 23.8 Å². The second kappa shape index (κ2) is 6.38. The zero-order valence-corrected chi connectivity index (χ0v) is 13.9. The van der Waals surface area contributed by atoms with Crippen LogP contribution in [0.3, 0.4) is 0 Å². The molecule has 0 atom stereocenters. The molecule has 27 heavy (non-hydrogen) atoms. The van der Waals surface area contributed by atoms with Crippen molar-refractivity contribution in [2.24, 2.45) is 0 Å². The Kier molecular flexibility index (Phi) is 3.89. The molecular weight excluding hydrogens is 346 g/mol. The van der Waals surface area contributed by atoms with Crippen molar-refractivity contribution in [2.75, 3.05) is 0 Å². The second-order valence-corrected chi connectivity index (χ2v) is 6.00. The van der Waals surface area contributed by atoms with Crippen LogP contribution in [0.4, 0.5) is 5.69 Å². The Morgan fingerprint density at radius 2 is 1.85 bits per heavy atom. The number of hydrogen-bond acceptors (Lipinski definition) is 5. The molecule has 2 N–H and O–H groups in total. The number of nitro groups is 1. The average Bonchev–Trinajstić information content (AvgIpc) is 2.67. The molecule has 7 heteroatoms. The van der Waals surface area contributed by atoms with Crippen LogP contribution in [0.1, 0.15) is 11.3 Å². The van der Waals surface area contributed by atoms with Gasteiger partial charge in [0.25, 0.3) is 11.2 Å². The molecule has 0 unspecified atom stereocenters. The zero-order valence-electron chi connectivity index (χ0n) is 13.9. The van der Waals surface area contributed by atoms with Gasteiger partial charge in [-0.3, -0.25) is 14.9 Å². The maximum absolute atomic E-state index is 12.2. The Hall–Kier alpha value is -4.00. The van der Waals surface area contributed by atoms with Crippen LogP contribution in [0.2, 0.25) is 0 Å². The lowest BCUT2D eigenvalue weighted by Gasteiger charge is -2.04. The van der Waals surface area contributed by atoms with Gasteiger partial charge in [-0.1, -0.05) is 36.4 Å². The monoisotopic (exact) mass is 359 g/mol. The number of non-ortho nitro benzene ring substituents is 1. The standard InChI is InChI=1S/C20H13N3O4/c24-19(14-6-5-12-3-1-2-4-13(12)9-14)11-18-20(25)22-17-10-15(23(26)27)7-8-16(17)21-18/h1-11,24H,(H,22,25). The Balaban J connectivity index is 1.78. The van der Waals surface area contributed by atoms with Crippen LogP contribution in [-0.4, -0.2) is 20.0 Å². The number of aliphatic hydroxyl groups is 1. The van der Waals surface area contributed by atoms with Crippen molar-refractivity contribution in [3.63, 3.8) is 0 Å². The van der Waals surface area contributed by atoms with Crippen molar-refractivity contribution < 1.29 is 10.0 Å². The number of nitrogens with zero attached hydrogens (tertiary/aromatic N) is 2. The highest BCUT2D eigenvalue weighted by atomic mass is 16.6. The van der Waals surface area contributed by atoms with Crippen LogP contribution in [0.25, 0.3) is 33.6 Å². The van der Waals surface area contributed by atoms with Crippen molar-refractivity contribution in [3.05, 3.63) is 92.4 Å². The molecular formula is C20H13N3O4. The lowest BCUT2D eigenvalue weighted by Crippen LogP contribution is -2.12. The highest BCUT2D eigenvalue weighted by molar-refractivity contribution is 5.88. The number of nitrogens with one attached hydrogen (secondary N) is 1. The molecule has 7 nitrogen and oxygen atoms in total. The van der Waals surface area contributed by atoms with E-state index in [9.17, 15) is 20.0 Å². The molecule has 3 aromatic carbocycles. The van der Waals surface area contributed by atoms with Gasteiger partial charge in [-0.05, 0) is 22.9 Å². The molecule has 0 radical (unpaired) electrons. The van der Waals surface area contributed by atoms with E-state index in [1.54, 1.807) is 6.07 Å². The predicted octanol–water partition coefficient (Wildman–Crippen LogP) is 4.04. The molecule has 0 bridgehead atoms. The topological polar surface area (TPSA) is 109 Å². The van der Waals surface area contributed by atoms with Gasteiger partial charge in [0.2, 0.25) is 0 Å². The number of hydrogen-bond donors (Lipinski definition) is 2. The van der Waals surface area contributed by atoms with E-state index >= 15 is 0 Å². The summed E-state index contributed by atoms with van der Waals surface area (Å²) in [6.45, 7) is 0. The van der Waals surface area contributed by atoms with E-state index in [0.717, 1.165) is 10.8 Å². The van der Waals surface area contributed by atoms with Crippen LogP contribution < -0.4 is 5.56 Å². The summed E-state index contributed by atoms with van der Waals surface area (Å²) in [5, 5.41) is 23.3. The molecule has 4 aromatic rings. The summed E-state index contributed by atoms with van der Waals surface area (Å²) in [6, 6.07) is 17.2. The minimum Gasteiger partial charge on any atom is -0.507 e. The Morgan fingerprint density at radius 1 is 1.07 bits per heavy atom. The molecule has 0 aliphatic carbocycles. The summed E-state index contributed by atoms with van der Waals surface area (Å²) >= 11 is 0. The number of nitro benzene ring substituents is 1.